The van der Waals surface area contributed by atoms with Crippen LogP contribution in [0.15, 0.2) is 54.1 Å². The average Bonchev–Trinajstić information content (AvgIpc) is 3.03. The van der Waals surface area contributed by atoms with Gasteiger partial charge in [0.15, 0.2) is 0 Å². The molecule has 1 saturated heterocycles. The first-order valence-electron chi connectivity index (χ1n) is 10.3. The fourth-order valence-electron chi connectivity index (χ4n) is 3.50. The number of unbranched alkanes of at least 4 members (excludes halogenated alkanes) is 1. The summed E-state index contributed by atoms with van der Waals surface area (Å²) in [6.45, 7) is 3.11. The molecule has 0 aromatic heterocycles. The monoisotopic (exact) mass is 425 g/mol. The minimum atomic E-state index is -0.781. The van der Waals surface area contributed by atoms with Gasteiger partial charge in [0.05, 0.1) is 24.8 Å². The summed E-state index contributed by atoms with van der Waals surface area (Å²) < 4.78 is 10.7. The smallest absolute Gasteiger partial charge is 0.295 e. The Kier molecular flexibility index (Phi) is 7.31. The molecule has 7 heteroatoms. The van der Waals surface area contributed by atoms with Crippen LogP contribution < -0.4 is 4.74 Å². The predicted octanol–water partition coefficient (Wildman–Crippen LogP) is 3.64. The maximum atomic E-state index is 12.9. The Morgan fingerprint density at radius 2 is 1.71 bits per heavy atom. The molecule has 7 nitrogen and oxygen atoms in total. The Morgan fingerprint density at radius 3 is 2.32 bits per heavy atom. The lowest BCUT2D eigenvalue weighted by Gasteiger charge is -2.25. The molecule has 0 spiro atoms. The lowest BCUT2D eigenvalue weighted by atomic mass is 9.95. The number of phenols is 1. The molecular formula is C24H27NO6. The van der Waals surface area contributed by atoms with Crippen LogP contribution in [0.4, 0.5) is 0 Å². The highest BCUT2D eigenvalue weighted by molar-refractivity contribution is 6.46. The van der Waals surface area contributed by atoms with Gasteiger partial charge < -0.3 is 24.6 Å². The molecule has 2 N–H and O–H groups in total. The quantitative estimate of drug-likeness (QED) is 0.276. The normalized spacial score (nSPS) is 17.9. The summed E-state index contributed by atoms with van der Waals surface area (Å²) in [5, 5.41) is 20.6. The molecule has 2 aromatic carbocycles. The Hall–Kier alpha value is -3.32. The topological polar surface area (TPSA) is 96.3 Å². The van der Waals surface area contributed by atoms with Crippen molar-refractivity contribution in [3.8, 4) is 11.5 Å². The number of benzene rings is 2. The number of hydrogen-bond donors (Lipinski definition) is 2. The van der Waals surface area contributed by atoms with Gasteiger partial charge in [-0.15, -0.1) is 0 Å². The van der Waals surface area contributed by atoms with E-state index in [0.717, 1.165) is 12.8 Å². The molecule has 1 unspecified atom stereocenters. The summed E-state index contributed by atoms with van der Waals surface area (Å²) in [7, 11) is 1.51. The summed E-state index contributed by atoms with van der Waals surface area (Å²) >= 11 is 0. The first-order chi connectivity index (χ1) is 15.0. The zero-order valence-corrected chi connectivity index (χ0v) is 17.7. The number of amides is 1. The summed E-state index contributed by atoms with van der Waals surface area (Å²) in [4.78, 5) is 27.0. The minimum Gasteiger partial charge on any atom is -0.508 e. The SMILES string of the molecule is CCCCOc1ccc(C(O)=C2C(=O)C(=O)N(CCOC)C2c2ccc(O)cc2)cc1. The van der Waals surface area contributed by atoms with Gasteiger partial charge >= 0.3 is 0 Å². The first-order valence-corrected chi connectivity index (χ1v) is 10.3. The summed E-state index contributed by atoms with van der Waals surface area (Å²) in [5.74, 6) is -0.973. The van der Waals surface area contributed by atoms with Gasteiger partial charge in [-0.2, -0.15) is 0 Å². The summed E-state index contributed by atoms with van der Waals surface area (Å²) in [6, 6.07) is 12.2. The van der Waals surface area contributed by atoms with Crippen molar-refractivity contribution in [1.82, 2.24) is 4.90 Å². The molecule has 1 amide bonds. The second-order valence-corrected chi connectivity index (χ2v) is 7.30. The molecule has 0 bridgehead atoms. The third-order valence-electron chi connectivity index (χ3n) is 5.18. The number of phenolic OH excluding ortho intramolecular Hbond substituents is 1. The molecule has 0 saturated carbocycles. The van der Waals surface area contributed by atoms with Crippen LogP contribution in [0.3, 0.4) is 0 Å². The van der Waals surface area contributed by atoms with Crippen molar-refractivity contribution in [3.63, 3.8) is 0 Å². The lowest BCUT2D eigenvalue weighted by Crippen LogP contribution is -2.32. The number of nitrogens with zero attached hydrogens (tertiary/aromatic N) is 1. The maximum Gasteiger partial charge on any atom is 0.295 e. The van der Waals surface area contributed by atoms with Crippen LogP contribution in [-0.2, 0) is 14.3 Å². The largest absolute Gasteiger partial charge is 0.508 e. The van der Waals surface area contributed by atoms with E-state index in [-0.39, 0.29) is 30.2 Å². The van der Waals surface area contributed by atoms with Crippen molar-refractivity contribution < 1.29 is 29.3 Å². The van der Waals surface area contributed by atoms with E-state index in [4.69, 9.17) is 9.47 Å². The average molecular weight is 425 g/mol. The zero-order chi connectivity index (χ0) is 22.4. The third kappa shape index (κ3) is 4.88. The zero-order valence-electron chi connectivity index (χ0n) is 17.7. The number of rotatable bonds is 9. The molecular weight excluding hydrogens is 398 g/mol. The van der Waals surface area contributed by atoms with Crippen LogP contribution in [0.25, 0.3) is 5.76 Å². The molecule has 0 aliphatic carbocycles. The van der Waals surface area contributed by atoms with Crippen molar-refractivity contribution in [2.45, 2.75) is 25.8 Å². The molecule has 31 heavy (non-hydrogen) atoms. The first kappa shape index (κ1) is 22.4. The molecule has 1 fully saturated rings. The lowest BCUT2D eigenvalue weighted by molar-refractivity contribution is -0.140. The van der Waals surface area contributed by atoms with E-state index in [9.17, 15) is 19.8 Å². The highest BCUT2D eigenvalue weighted by Crippen LogP contribution is 2.39. The van der Waals surface area contributed by atoms with E-state index in [1.807, 2.05) is 0 Å². The molecule has 0 radical (unpaired) electrons. The number of methoxy groups -OCH3 is 1. The fraction of sp³-hybridized carbons (Fsp3) is 0.333. The highest BCUT2D eigenvalue weighted by Gasteiger charge is 2.45. The number of likely N-dealkylation sites (tertiary alicyclic amines) is 1. The fourth-order valence-corrected chi connectivity index (χ4v) is 3.50. The van der Waals surface area contributed by atoms with Crippen molar-refractivity contribution in [2.24, 2.45) is 0 Å². The van der Waals surface area contributed by atoms with E-state index in [0.29, 0.717) is 23.5 Å². The van der Waals surface area contributed by atoms with E-state index < -0.39 is 17.7 Å². The second-order valence-electron chi connectivity index (χ2n) is 7.30. The van der Waals surface area contributed by atoms with Gasteiger partial charge in [-0.25, -0.2) is 0 Å². The van der Waals surface area contributed by atoms with Gasteiger partial charge in [0, 0.05) is 19.2 Å². The van der Waals surface area contributed by atoms with Crippen molar-refractivity contribution in [1.29, 1.82) is 0 Å². The van der Waals surface area contributed by atoms with E-state index in [1.54, 1.807) is 36.4 Å². The van der Waals surface area contributed by atoms with Crippen molar-refractivity contribution >= 4 is 17.4 Å². The Balaban J connectivity index is 2.00. The molecule has 1 heterocycles. The molecule has 2 aromatic rings. The molecule has 1 atom stereocenters. The minimum absolute atomic E-state index is 0.00597. The Bertz CT molecular complexity index is 949. The van der Waals surface area contributed by atoms with Crippen molar-refractivity contribution in [2.75, 3.05) is 26.9 Å². The van der Waals surface area contributed by atoms with Crippen LogP contribution in [0, 0.1) is 0 Å². The van der Waals surface area contributed by atoms with Gasteiger partial charge in [0.2, 0.25) is 0 Å². The second kappa shape index (κ2) is 10.1. The van der Waals surface area contributed by atoms with E-state index >= 15 is 0 Å². The van der Waals surface area contributed by atoms with E-state index in [1.165, 1.54) is 24.1 Å². The van der Waals surface area contributed by atoms with Crippen LogP contribution in [0.5, 0.6) is 11.5 Å². The number of ketones is 1. The Labute approximate surface area is 181 Å². The molecule has 1 aliphatic heterocycles. The number of ether oxygens (including phenoxy) is 2. The van der Waals surface area contributed by atoms with Gasteiger partial charge in [0.25, 0.3) is 11.7 Å². The van der Waals surface area contributed by atoms with Crippen LogP contribution in [-0.4, -0.2) is 53.7 Å². The number of Topliss-reactive ketones (excluding diaryl/α,β-unsaturated/α-hetero) is 1. The molecule has 3 rings (SSSR count). The van der Waals surface area contributed by atoms with Gasteiger partial charge in [-0.1, -0.05) is 25.5 Å². The number of hydrogen-bond acceptors (Lipinski definition) is 6. The summed E-state index contributed by atoms with van der Waals surface area (Å²) in [5.41, 5.74) is 1.02. The number of carbonyl (C=O) groups is 2. The molecule has 164 valence electrons. The van der Waals surface area contributed by atoms with Crippen LogP contribution in [0.1, 0.15) is 36.9 Å². The number of carbonyl (C=O) groups excluding carboxylic acids is 2. The van der Waals surface area contributed by atoms with Crippen LogP contribution >= 0.6 is 0 Å². The predicted molar refractivity (Wildman–Crippen MR) is 116 cm³/mol. The number of aliphatic hydroxyl groups excluding tert-OH is 1. The number of aromatic hydroxyl groups is 1. The van der Waals surface area contributed by atoms with Crippen molar-refractivity contribution in [3.05, 3.63) is 65.2 Å². The maximum absolute atomic E-state index is 12.9. The highest BCUT2D eigenvalue weighted by atomic mass is 16.5. The standard InChI is InChI=1S/C24H27NO6/c1-3-4-14-31-19-11-7-17(8-12-19)22(27)20-21(16-5-9-18(26)10-6-16)25(13-15-30-2)24(29)23(20)28/h5-12,21,26-27H,3-4,13-15H2,1-2H3. The summed E-state index contributed by atoms with van der Waals surface area (Å²) in [6.07, 6.45) is 1.97. The van der Waals surface area contributed by atoms with Gasteiger partial charge in [-0.05, 0) is 48.4 Å². The Morgan fingerprint density at radius 1 is 1.03 bits per heavy atom. The van der Waals surface area contributed by atoms with E-state index in [2.05, 4.69) is 6.92 Å². The third-order valence-corrected chi connectivity index (χ3v) is 5.18. The van der Waals surface area contributed by atoms with Gasteiger partial charge in [-0.3, -0.25) is 9.59 Å². The van der Waals surface area contributed by atoms with Crippen LogP contribution in [0.2, 0.25) is 0 Å². The molecule has 1 aliphatic rings. The van der Waals surface area contributed by atoms with Gasteiger partial charge in [0.1, 0.15) is 17.3 Å². The number of aliphatic hydroxyl groups is 1.